The zero-order valence-electron chi connectivity index (χ0n) is 12.0. The Kier molecular flexibility index (Phi) is 5.23. The number of nitrogens with one attached hydrogen (secondary N) is 1. The molecule has 0 aromatic carbocycles. The lowest BCUT2D eigenvalue weighted by Gasteiger charge is -2.34. The maximum Gasteiger partial charge on any atom is 0.242 e. The molecule has 0 bridgehead atoms. The van der Waals surface area contributed by atoms with Gasteiger partial charge in [-0.15, -0.1) is 11.3 Å². The molecule has 1 heterocycles. The summed E-state index contributed by atoms with van der Waals surface area (Å²) in [6.07, 6.45) is 4.25. The summed E-state index contributed by atoms with van der Waals surface area (Å²) in [6.45, 7) is 4.08. The molecule has 1 aliphatic carbocycles. The highest BCUT2D eigenvalue weighted by atomic mass is 32.2. The van der Waals surface area contributed by atoms with Crippen molar-refractivity contribution in [2.24, 2.45) is 11.8 Å². The molecule has 2 atom stereocenters. The van der Waals surface area contributed by atoms with Gasteiger partial charge in [0.25, 0.3) is 0 Å². The van der Waals surface area contributed by atoms with Crippen LogP contribution in [0, 0.1) is 11.8 Å². The third-order valence-corrected chi connectivity index (χ3v) is 6.73. The van der Waals surface area contributed by atoms with Crippen molar-refractivity contribution in [2.75, 3.05) is 0 Å². The summed E-state index contributed by atoms with van der Waals surface area (Å²) in [5.41, 5.74) is 0. The Morgan fingerprint density at radius 3 is 2.75 bits per heavy atom. The van der Waals surface area contributed by atoms with E-state index in [0.29, 0.717) is 16.7 Å². The van der Waals surface area contributed by atoms with Gasteiger partial charge in [-0.1, -0.05) is 26.7 Å². The van der Waals surface area contributed by atoms with Gasteiger partial charge < -0.3 is 5.11 Å². The molecule has 0 amide bonds. The molecule has 6 heteroatoms. The van der Waals surface area contributed by atoms with Gasteiger partial charge in [-0.3, -0.25) is 0 Å². The Morgan fingerprint density at radius 1 is 1.40 bits per heavy atom. The third-order valence-electron chi connectivity index (χ3n) is 4.12. The Labute approximate surface area is 125 Å². The summed E-state index contributed by atoms with van der Waals surface area (Å²) in [5.74, 6) is 0.873. The van der Waals surface area contributed by atoms with Crippen LogP contribution in [0.5, 0.6) is 0 Å². The molecular formula is C14H23NO3S2. The molecule has 2 rings (SSSR count). The average Bonchev–Trinajstić information content (AvgIpc) is 2.87. The maximum absolute atomic E-state index is 12.5. The lowest BCUT2D eigenvalue weighted by Crippen LogP contribution is -2.43. The Balaban J connectivity index is 2.19. The normalized spacial score (nSPS) is 24.2. The van der Waals surface area contributed by atoms with E-state index in [4.69, 9.17) is 0 Å². The van der Waals surface area contributed by atoms with E-state index < -0.39 is 10.0 Å². The van der Waals surface area contributed by atoms with Crippen LogP contribution >= 0.6 is 11.3 Å². The molecule has 0 saturated heterocycles. The lowest BCUT2D eigenvalue weighted by atomic mass is 9.78. The molecule has 20 heavy (non-hydrogen) atoms. The van der Waals surface area contributed by atoms with Crippen molar-refractivity contribution in [2.45, 2.75) is 57.1 Å². The van der Waals surface area contributed by atoms with Crippen LogP contribution in [0.25, 0.3) is 0 Å². The molecule has 2 N–H and O–H groups in total. The zero-order chi connectivity index (χ0) is 14.8. The average molecular weight is 317 g/mol. The number of sulfonamides is 1. The summed E-state index contributed by atoms with van der Waals surface area (Å²) in [6, 6.07) is 1.59. The van der Waals surface area contributed by atoms with Crippen LogP contribution in [0.1, 0.15) is 44.4 Å². The van der Waals surface area contributed by atoms with Crippen molar-refractivity contribution in [1.29, 1.82) is 0 Å². The van der Waals surface area contributed by atoms with Crippen molar-refractivity contribution in [3.8, 4) is 0 Å². The van der Waals surface area contributed by atoms with E-state index in [2.05, 4.69) is 18.6 Å². The topological polar surface area (TPSA) is 66.4 Å². The standard InChI is InChI=1S/C14H23NO3S2/c1-10(2)11-5-3-4-6-12(11)15-20(17,18)14-7-8-19-13(14)9-16/h7-8,10-12,15-16H,3-6,9H2,1-2H3. The summed E-state index contributed by atoms with van der Waals surface area (Å²) >= 11 is 1.28. The van der Waals surface area contributed by atoms with E-state index in [0.717, 1.165) is 19.3 Å². The number of hydrogen-bond donors (Lipinski definition) is 2. The van der Waals surface area contributed by atoms with E-state index in [-0.39, 0.29) is 17.5 Å². The van der Waals surface area contributed by atoms with Gasteiger partial charge in [-0.05, 0) is 36.1 Å². The van der Waals surface area contributed by atoms with Gasteiger partial charge in [0.15, 0.2) is 0 Å². The fourth-order valence-electron chi connectivity index (χ4n) is 3.05. The highest BCUT2D eigenvalue weighted by Gasteiger charge is 2.32. The third kappa shape index (κ3) is 3.42. The van der Waals surface area contributed by atoms with Crippen molar-refractivity contribution < 1.29 is 13.5 Å². The second kappa shape index (κ2) is 6.56. The van der Waals surface area contributed by atoms with Crippen LogP contribution in [0.4, 0.5) is 0 Å². The molecule has 1 fully saturated rings. The summed E-state index contributed by atoms with van der Waals surface area (Å²) in [4.78, 5) is 0.743. The van der Waals surface area contributed by atoms with Gasteiger partial charge in [-0.25, -0.2) is 13.1 Å². The summed E-state index contributed by atoms with van der Waals surface area (Å²) in [7, 11) is -3.53. The molecule has 1 aromatic rings. The molecule has 0 aliphatic heterocycles. The first kappa shape index (κ1) is 15.9. The molecule has 1 aliphatic rings. The molecule has 2 unspecified atom stereocenters. The minimum Gasteiger partial charge on any atom is -0.391 e. The predicted octanol–water partition coefficient (Wildman–Crippen LogP) is 2.73. The summed E-state index contributed by atoms with van der Waals surface area (Å²) in [5, 5.41) is 10.9. The highest BCUT2D eigenvalue weighted by Crippen LogP contribution is 2.32. The number of aliphatic hydroxyl groups excluding tert-OH is 1. The van der Waals surface area contributed by atoms with Crippen molar-refractivity contribution in [3.05, 3.63) is 16.3 Å². The predicted molar refractivity (Wildman–Crippen MR) is 81.1 cm³/mol. The van der Waals surface area contributed by atoms with Crippen LogP contribution in [-0.4, -0.2) is 19.6 Å². The van der Waals surface area contributed by atoms with Gasteiger partial charge in [-0.2, -0.15) is 0 Å². The quantitative estimate of drug-likeness (QED) is 0.877. The molecular weight excluding hydrogens is 294 g/mol. The van der Waals surface area contributed by atoms with E-state index >= 15 is 0 Å². The fraction of sp³-hybridized carbons (Fsp3) is 0.714. The molecule has 4 nitrogen and oxygen atoms in total. The van der Waals surface area contributed by atoms with Crippen LogP contribution in [0.3, 0.4) is 0 Å². The van der Waals surface area contributed by atoms with Crippen molar-refractivity contribution >= 4 is 21.4 Å². The number of aliphatic hydroxyl groups is 1. The first-order valence-electron chi connectivity index (χ1n) is 7.15. The monoisotopic (exact) mass is 317 g/mol. The van der Waals surface area contributed by atoms with E-state index in [9.17, 15) is 13.5 Å². The van der Waals surface area contributed by atoms with Gasteiger partial charge in [0.2, 0.25) is 10.0 Å². The van der Waals surface area contributed by atoms with E-state index in [1.165, 1.54) is 17.8 Å². The van der Waals surface area contributed by atoms with Gasteiger partial charge in [0.1, 0.15) is 0 Å². The number of hydrogen-bond acceptors (Lipinski definition) is 4. The molecule has 1 aromatic heterocycles. The smallest absolute Gasteiger partial charge is 0.242 e. The van der Waals surface area contributed by atoms with Gasteiger partial charge in [0.05, 0.1) is 11.5 Å². The molecule has 1 saturated carbocycles. The highest BCUT2D eigenvalue weighted by molar-refractivity contribution is 7.89. The maximum atomic E-state index is 12.5. The number of thiophene rings is 1. The Bertz CT molecular complexity index is 536. The molecule has 0 spiro atoms. The Morgan fingerprint density at radius 2 is 2.10 bits per heavy atom. The summed E-state index contributed by atoms with van der Waals surface area (Å²) < 4.78 is 27.9. The molecule has 0 radical (unpaired) electrons. The minimum atomic E-state index is -3.53. The van der Waals surface area contributed by atoms with Crippen molar-refractivity contribution in [1.82, 2.24) is 4.72 Å². The van der Waals surface area contributed by atoms with Crippen LogP contribution < -0.4 is 4.72 Å². The lowest BCUT2D eigenvalue weighted by molar-refractivity contribution is 0.226. The zero-order valence-corrected chi connectivity index (χ0v) is 13.6. The first-order valence-corrected chi connectivity index (χ1v) is 9.51. The van der Waals surface area contributed by atoms with Crippen LogP contribution in [0.2, 0.25) is 0 Å². The SMILES string of the molecule is CC(C)C1CCCCC1NS(=O)(=O)c1ccsc1CO. The van der Waals surface area contributed by atoms with Crippen LogP contribution in [-0.2, 0) is 16.6 Å². The second-order valence-electron chi connectivity index (χ2n) is 5.79. The first-order chi connectivity index (χ1) is 9.45. The van der Waals surface area contributed by atoms with Gasteiger partial charge >= 0.3 is 0 Å². The minimum absolute atomic E-state index is 0.0141. The fourth-order valence-corrected chi connectivity index (χ4v) is 5.67. The Hall–Kier alpha value is -0.430. The second-order valence-corrected chi connectivity index (χ2v) is 8.47. The molecule has 114 valence electrons. The van der Waals surface area contributed by atoms with E-state index in [1.54, 1.807) is 11.4 Å². The van der Waals surface area contributed by atoms with Crippen LogP contribution in [0.15, 0.2) is 16.3 Å². The largest absolute Gasteiger partial charge is 0.391 e. The van der Waals surface area contributed by atoms with Gasteiger partial charge in [0, 0.05) is 10.9 Å². The van der Waals surface area contributed by atoms with Crippen molar-refractivity contribution in [3.63, 3.8) is 0 Å². The number of rotatable bonds is 5. The van der Waals surface area contributed by atoms with E-state index in [1.807, 2.05) is 0 Å².